The van der Waals surface area contributed by atoms with E-state index in [4.69, 9.17) is 14.2 Å². The number of rotatable bonds is 10. The minimum atomic E-state index is -0.330. The number of hydrogen-bond donors (Lipinski definition) is 0. The molecule has 0 aliphatic carbocycles. The van der Waals surface area contributed by atoms with Gasteiger partial charge in [-0.05, 0) is 29.7 Å². The van der Waals surface area contributed by atoms with Crippen molar-refractivity contribution in [3.8, 4) is 0 Å². The number of hydrogen-bond acceptors (Lipinski definition) is 6. The standard InChI is InChI=1S/C24H34O6/c1-16-17(2)22(30-23(18(16)3)15-28-19(4)25)13-21(26)11-8-12-24(27)29-14-20-9-6-5-7-10-20/h5-7,9-10,16-18,22-23H,8,11-15H2,1-4H3. The van der Waals surface area contributed by atoms with E-state index in [0.717, 1.165) is 5.56 Å². The van der Waals surface area contributed by atoms with E-state index in [1.807, 2.05) is 30.3 Å². The van der Waals surface area contributed by atoms with Crippen molar-refractivity contribution in [2.45, 2.75) is 72.2 Å². The van der Waals surface area contributed by atoms with Crippen LogP contribution in [-0.4, -0.2) is 36.5 Å². The van der Waals surface area contributed by atoms with Crippen molar-refractivity contribution in [1.82, 2.24) is 0 Å². The van der Waals surface area contributed by atoms with Gasteiger partial charge < -0.3 is 14.2 Å². The maximum atomic E-state index is 12.5. The van der Waals surface area contributed by atoms with E-state index in [0.29, 0.717) is 25.2 Å². The Hall–Kier alpha value is -2.21. The number of esters is 2. The van der Waals surface area contributed by atoms with E-state index < -0.39 is 0 Å². The van der Waals surface area contributed by atoms with E-state index >= 15 is 0 Å². The first-order valence-electron chi connectivity index (χ1n) is 10.8. The van der Waals surface area contributed by atoms with Gasteiger partial charge in [-0.25, -0.2) is 0 Å². The summed E-state index contributed by atoms with van der Waals surface area (Å²) in [4.78, 5) is 35.5. The van der Waals surface area contributed by atoms with Crippen LogP contribution in [0.5, 0.6) is 0 Å². The predicted molar refractivity (Wildman–Crippen MR) is 112 cm³/mol. The lowest BCUT2D eigenvalue weighted by Crippen LogP contribution is -2.47. The quantitative estimate of drug-likeness (QED) is 0.532. The number of carbonyl (C=O) groups excluding carboxylic acids is 3. The first-order valence-corrected chi connectivity index (χ1v) is 10.8. The normalized spacial score (nSPS) is 26.1. The van der Waals surface area contributed by atoms with Crippen LogP contribution in [0, 0.1) is 17.8 Å². The van der Waals surface area contributed by atoms with Gasteiger partial charge in [-0.2, -0.15) is 0 Å². The highest BCUT2D eigenvalue weighted by Gasteiger charge is 2.40. The Morgan fingerprint density at radius 2 is 1.57 bits per heavy atom. The molecule has 2 rings (SSSR count). The summed E-state index contributed by atoms with van der Waals surface area (Å²) >= 11 is 0. The van der Waals surface area contributed by atoms with E-state index in [1.165, 1.54) is 6.92 Å². The van der Waals surface area contributed by atoms with E-state index in [-0.39, 0.29) is 61.4 Å². The first-order chi connectivity index (χ1) is 14.3. The second-order valence-corrected chi connectivity index (χ2v) is 8.34. The van der Waals surface area contributed by atoms with Crippen LogP contribution in [0.3, 0.4) is 0 Å². The molecule has 1 aliphatic heterocycles. The van der Waals surface area contributed by atoms with Crippen LogP contribution in [-0.2, 0) is 35.2 Å². The fraction of sp³-hybridized carbons (Fsp3) is 0.625. The van der Waals surface area contributed by atoms with Gasteiger partial charge in [-0.3, -0.25) is 14.4 Å². The van der Waals surface area contributed by atoms with Crippen molar-refractivity contribution in [3.05, 3.63) is 35.9 Å². The number of ether oxygens (including phenoxy) is 3. The van der Waals surface area contributed by atoms with Crippen LogP contribution >= 0.6 is 0 Å². The Morgan fingerprint density at radius 1 is 0.900 bits per heavy atom. The minimum Gasteiger partial charge on any atom is -0.463 e. The first kappa shape index (κ1) is 24.1. The molecule has 6 heteroatoms. The van der Waals surface area contributed by atoms with Gasteiger partial charge in [0.25, 0.3) is 0 Å². The van der Waals surface area contributed by atoms with Crippen molar-refractivity contribution in [1.29, 1.82) is 0 Å². The van der Waals surface area contributed by atoms with Gasteiger partial charge >= 0.3 is 11.9 Å². The highest BCUT2D eigenvalue weighted by Crippen LogP contribution is 2.36. The molecule has 1 aromatic carbocycles. The second kappa shape index (κ2) is 11.8. The van der Waals surface area contributed by atoms with Crippen molar-refractivity contribution in [3.63, 3.8) is 0 Å². The molecule has 166 valence electrons. The zero-order valence-electron chi connectivity index (χ0n) is 18.5. The van der Waals surface area contributed by atoms with Crippen LogP contribution in [0.25, 0.3) is 0 Å². The van der Waals surface area contributed by atoms with Crippen LogP contribution in [0.1, 0.15) is 58.9 Å². The molecule has 30 heavy (non-hydrogen) atoms. The van der Waals surface area contributed by atoms with Gasteiger partial charge in [0.15, 0.2) is 0 Å². The maximum Gasteiger partial charge on any atom is 0.306 e. The summed E-state index contributed by atoms with van der Waals surface area (Å²) in [5.41, 5.74) is 0.942. The van der Waals surface area contributed by atoms with Crippen molar-refractivity contribution < 1.29 is 28.6 Å². The predicted octanol–water partition coefficient (Wildman–Crippen LogP) is 4.10. The average molecular weight is 419 g/mol. The molecule has 0 spiro atoms. The Bertz CT molecular complexity index is 701. The monoisotopic (exact) mass is 418 g/mol. The third-order valence-corrected chi connectivity index (χ3v) is 6.14. The number of carbonyl (C=O) groups is 3. The number of Topliss-reactive ketones (excluding diaryl/α,β-unsaturated/α-hetero) is 1. The highest BCUT2D eigenvalue weighted by atomic mass is 16.6. The highest BCUT2D eigenvalue weighted by molar-refractivity contribution is 5.79. The summed E-state index contributed by atoms with van der Waals surface area (Å²) in [5.74, 6) is 0.279. The minimum absolute atomic E-state index is 0.0794. The molecule has 1 heterocycles. The van der Waals surface area contributed by atoms with E-state index in [9.17, 15) is 14.4 Å². The van der Waals surface area contributed by atoms with Crippen LogP contribution in [0.4, 0.5) is 0 Å². The lowest BCUT2D eigenvalue weighted by atomic mass is 9.75. The van der Waals surface area contributed by atoms with Gasteiger partial charge in [0.2, 0.25) is 0 Å². The third-order valence-electron chi connectivity index (χ3n) is 6.14. The molecule has 5 atom stereocenters. The molecular weight excluding hydrogens is 384 g/mol. The molecule has 0 bridgehead atoms. The molecular formula is C24H34O6. The molecule has 0 radical (unpaired) electrons. The van der Waals surface area contributed by atoms with Crippen LogP contribution in [0.15, 0.2) is 30.3 Å². The molecule has 0 saturated carbocycles. The van der Waals surface area contributed by atoms with Crippen LogP contribution < -0.4 is 0 Å². The maximum absolute atomic E-state index is 12.5. The van der Waals surface area contributed by atoms with Gasteiger partial charge in [0.05, 0.1) is 12.2 Å². The lowest BCUT2D eigenvalue weighted by molar-refractivity contribution is -0.171. The van der Waals surface area contributed by atoms with Gasteiger partial charge in [-0.1, -0.05) is 51.1 Å². The van der Waals surface area contributed by atoms with Crippen molar-refractivity contribution in [2.24, 2.45) is 17.8 Å². The molecule has 5 unspecified atom stereocenters. The Labute approximate surface area is 179 Å². The Morgan fingerprint density at radius 3 is 2.23 bits per heavy atom. The summed E-state index contributed by atoms with van der Waals surface area (Å²) in [6, 6.07) is 9.51. The smallest absolute Gasteiger partial charge is 0.306 e. The number of ketones is 1. The lowest BCUT2D eigenvalue weighted by Gasteiger charge is -2.43. The molecule has 6 nitrogen and oxygen atoms in total. The summed E-state index contributed by atoms with van der Waals surface area (Å²) in [5, 5.41) is 0. The molecule has 1 aromatic rings. The largest absolute Gasteiger partial charge is 0.463 e. The zero-order chi connectivity index (χ0) is 22.1. The molecule has 1 saturated heterocycles. The third kappa shape index (κ3) is 7.56. The molecule has 0 aromatic heterocycles. The molecule has 1 fully saturated rings. The van der Waals surface area contributed by atoms with E-state index in [1.54, 1.807) is 0 Å². The topological polar surface area (TPSA) is 78.9 Å². The Balaban J connectivity index is 1.73. The summed E-state index contributed by atoms with van der Waals surface area (Å²) in [6.45, 7) is 8.19. The van der Waals surface area contributed by atoms with E-state index in [2.05, 4.69) is 20.8 Å². The fourth-order valence-electron chi connectivity index (χ4n) is 3.82. The SMILES string of the molecule is CC(=O)OCC1OC(CC(=O)CCCC(=O)OCc2ccccc2)C(C)C(C)C1C. The van der Waals surface area contributed by atoms with Crippen molar-refractivity contribution in [2.75, 3.05) is 6.61 Å². The van der Waals surface area contributed by atoms with Crippen LogP contribution in [0.2, 0.25) is 0 Å². The summed E-state index contributed by atoms with van der Waals surface area (Å²) in [6.07, 6.45) is 0.929. The second-order valence-electron chi connectivity index (χ2n) is 8.34. The van der Waals surface area contributed by atoms with Gasteiger partial charge in [0.1, 0.15) is 19.0 Å². The molecule has 0 N–H and O–H groups in total. The van der Waals surface area contributed by atoms with Gasteiger partial charge in [0, 0.05) is 26.2 Å². The number of benzene rings is 1. The fourth-order valence-corrected chi connectivity index (χ4v) is 3.82. The van der Waals surface area contributed by atoms with Gasteiger partial charge in [-0.15, -0.1) is 0 Å². The Kier molecular flexibility index (Phi) is 9.50. The summed E-state index contributed by atoms with van der Waals surface area (Å²) < 4.78 is 16.5. The zero-order valence-corrected chi connectivity index (χ0v) is 18.5. The summed E-state index contributed by atoms with van der Waals surface area (Å²) in [7, 11) is 0. The molecule has 0 amide bonds. The van der Waals surface area contributed by atoms with Crippen molar-refractivity contribution >= 4 is 17.7 Å². The molecule has 1 aliphatic rings. The average Bonchev–Trinajstić information content (AvgIpc) is 2.72.